The molecule has 2 N–H and O–H groups in total. The van der Waals surface area contributed by atoms with Gasteiger partial charge in [-0.2, -0.15) is 0 Å². The number of nitrogens with zero attached hydrogens (tertiary/aromatic N) is 1. The topological polar surface area (TPSA) is 46.3 Å². The van der Waals surface area contributed by atoms with Gasteiger partial charge in [-0.25, -0.2) is 0 Å². The van der Waals surface area contributed by atoms with E-state index in [1.165, 1.54) is 11.1 Å². The van der Waals surface area contributed by atoms with E-state index in [0.717, 1.165) is 25.8 Å². The van der Waals surface area contributed by atoms with Gasteiger partial charge in [0.05, 0.1) is 0 Å². The maximum Gasteiger partial charge on any atom is 0.225 e. The van der Waals surface area contributed by atoms with Gasteiger partial charge in [-0.3, -0.25) is 4.79 Å². The van der Waals surface area contributed by atoms with E-state index in [0.29, 0.717) is 0 Å². The molecule has 0 saturated heterocycles. The quantitative estimate of drug-likeness (QED) is 0.879. The van der Waals surface area contributed by atoms with Crippen molar-refractivity contribution in [2.45, 2.75) is 32.2 Å². The molecular formula is C15H22N2O. The molecule has 3 nitrogen and oxygen atoms in total. The zero-order valence-electron chi connectivity index (χ0n) is 11.2. The molecule has 2 rings (SSSR count). The minimum atomic E-state index is 0.169. The molecule has 1 aliphatic rings. The Labute approximate surface area is 109 Å². The number of carbonyl (C=O) groups excluding carboxylic acids is 1. The Balaban J connectivity index is 1.79. The van der Waals surface area contributed by atoms with Crippen molar-refractivity contribution in [1.29, 1.82) is 0 Å². The Morgan fingerprint density at radius 3 is 2.50 bits per heavy atom. The molecule has 0 aliphatic heterocycles. The first-order valence-electron chi connectivity index (χ1n) is 6.62. The number of hydrogen-bond donors (Lipinski definition) is 1. The van der Waals surface area contributed by atoms with Crippen LogP contribution in [-0.4, -0.2) is 30.4 Å². The van der Waals surface area contributed by atoms with Gasteiger partial charge in [-0.1, -0.05) is 29.8 Å². The summed E-state index contributed by atoms with van der Waals surface area (Å²) in [5.41, 5.74) is 8.27. The Morgan fingerprint density at radius 1 is 1.33 bits per heavy atom. The maximum atomic E-state index is 12.0. The monoisotopic (exact) mass is 246 g/mol. The highest BCUT2D eigenvalue weighted by Crippen LogP contribution is 2.27. The molecule has 1 amide bonds. The van der Waals surface area contributed by atoms with E-state index in [1.807, 2.05) is 11.9 Å². The van der Waals surface area contributed by atoms with Crippen molar-refractivity contribution in [3.63, 3.8) is 0 Å². The summed E-state index contributed by atoms with van der Waals surface area (Å²) in [6.07, 6.45) is 2.63. The summed E-state index contributed by atoms with van der Waals surface area (Å²) < 4.78 is 0. The second kappa shape index (κ2) is 5.53. The molecule has 0 bridgehead atoms. The predicted octanol–water partition coefficient (Wildman–Crippen LogP) is 1.73. The molecule has 18 heavy (non-hydrogen) atoms. The van der Waals surface area contributed by atoms with Crippen molar-refractivity contribution in [1.82, 2.24) is 4.90 Å². The van der Waals surface area contributed by atoms with Gasteiger partial charge in [0.15, 0.2) is 0 Å². The van der Waals surface area contributed by atoms with Gasteiger partial charge in [0, 0.05) is 25.6 Å². The van der Waals surface area contributed by atoms with E-state index in [9.17, 15) is 4.79 Å². The van der Waals surface area contributed by atoms with Gasteiger partial charge < -0.3 is 10.6 Å². The third-order valence-corrected chi connectivity index (χ3v) is 3.76. The molecule has 0 radical (unpaired) electrons. The molecule has 0 heterocycles. The second-order valence-electron chi connectivity index (χ2n) is 5.42. The highest BCUT2D eigenvalue weighted by molar-refractivity contribution is 5.79. The number of aryl methyl sites for hydroxylation is 1. The van der Waals surface area contributed by atoms with Crippen molar-refractivity contribution in [3.8, 4) is 0 Å². The Morgan fingerprint density at radius 2 is 1.94 bits per heavy atom. The molecule has 1 aliphatic carbocycles. The third-order valence-electron chi connectivity index (χ3n) is 3.76. The van der Waals surface area contributed by atoms with Crippen molar-refractivity contribution in [2.75, 3.05) is 13.6 Å². The molecule has 0 unspecified atom stereocenters. The number of likely N-dealkylation sites (N-methyl/N-ethyl adjacent to an activating group) is 1. The van der Waals surface area contributed by atoms with Crippen molar-refractivity contribution < 1.29 is 4.79 Å². The second-order valence-corrected chi connectivity index (χ2v) is 5.42. The highest BCUT2D eigenvalue weighted by atomic mass is 16.2. The van der Waals surface area contributed by atoms with Crippen molar-refractivity contribution in [2.24, 2.45) is 11.7 Å². The lowest BCUT2D eigenvalue weighted by atomic mass is 9.80. The SMILES string of the molecule is Cc1ccc(CCN(C)C(=O)C2CC(N)C2)cc1. The number of rotatable bonds is 4. The molecule has 3 heteroatoms. The summed E-state index contributed by atoms with van der Waals surface area (Å²) in [5.74, 6) is 0.423. The predicted molar refractivity (Wildman–Crippen MR) is 73.2 cm³/mol. The van der Waals surface area contributed by atoms with Crippen LogP contribution in [0.15, 0.2) is 24.3 Å². The Bertz CT molecular complexity index is 407. The Kier molecular flexibility index (Phi) is 4.02. The van der Waals surface area contributed by atoms with E-state index in [-0.39, 0.29) is 17.9 Å². The lowest BCUT2D eigenvalue weighted by Crippen LogP contribution is -2.46. The van der Waals surface area contributed by atoms with Crippen LogP contribution in [0.25, 0.3) is 0 Å². The first-order chi connectivity index (χ1) is 8.56. The number of benzene rings is 1. The molecule has 0 spiro atoms. The van der Waals surface area contributed by atoms with Crippen LogP contribution in [0.1, 0.15) is 24.0 Å². The number of hydrogen-bond acceptors (Lipinski definition) is 2. The number of amides is 1. The smallest absolute Gasteiger partial charge is 0.225 e. The summed E-state index contributed by atoms with van der Waals surface area (Å²) in [7, 11) is 1.89. The molecular weight excluding hydrogens is 224 g/mol. The summed E-state index contributed by atoms with van der Waals surface area (Å²) in [6.45, 7) is 2.87. The van der Waals surface area contributed by atoms with Crippen LogP contribution in [0, 0.1) is 12.8 Å². The first-order valence-corrected chi connectivity index (χ1v) is 6.62. The fourth-order valence-electron chi connectivity index (χ4n) is 2.34. The summed E-state index contributed by atoms with van der Waals surface area (Å²) in [4.78, 5) is 13.9. The first kappa shape index (κ1) is 13.1. The van der Waals surface area contributed by atoms with E-state index in [1.54, 1.807) is 0 Å². The molecule has 1 saturated carbocycles. The normalized spacial score (nSPS) is 22.4. The van der Waals surface area contributed by atoms with Gasteiger partial charge in [-0.05, 0) is 31.7 Å². The van der Waals surface area contributed by atoms with Gasteiger partial charge in [0.25, 0.3) is 0 Å². The molecule has 1 aromatic rings. The van der Waals surface area contributed by atoms with Crippen LogP contribution in [0.3, 0.4) is 0 Å². The van der Waals surface area contributed by atoms with Crippen LogP contribution in [0.2, 0.25) is 0 Å². The van der Waals surface area contributed by atoms with Gasteiger partial charge in [0.1, 0.15) is 0 Å². The molecule has 1 aromatic carbocycles. The van der Waals surface area contributed by atoms with E-state index in [4.69, 9.17) is 5.73 Å². The zero-order chi connectivity index (χ0) is 13.1. The number of nitrogens with two attached hydrogens (primary N) is 1. The molecule has 1 fully saturated rings. The third kappa shape index (κ3) is 3.10. The zero-order valence-corrected chi connectivity index (χ0v) is 11.2. The van der Waals surface area contributed by atoms with E-state index < -0.39 is 0 Å². The average molecular weight is 246 g/mol. The van der Waals surface area contributed by atoms with E-state index in [2.05, 4.69) is 31.2 Å². The molecule has 0 aromatic heterocycles. The average Bonchev–Trinajstić information content (AvgIpc) is 2.33. The fraction of sp³-hybridized carbons (Fsp3) is 0.533. The van der Waals surface area contributed by atoms with Crippen molar-refractivity contribution in [3.05, 3.63) is 35.4 Å². The van der Waals surface area contributed by atoms with Gasteiger partial charge >= 0.3 is 0 Å². The standard InChI is InChI=1S/C15H22N2O/c1-11-3-5-12(6-4-11)7-8-17(2)15(18)13-9-14(16)10-13/h3-6,13-14H,7-10,16H2,1-2H3. The van der Waals surface area contributed by atoms with Crippen LogP contribution in [0.4, 0.5) is 0 Å². The van der Waals surface area contributed by atoms with E-state index >= 15 is 0 Å². The van der Waals surface area contributed by atoms with Crippen molar-refractivity contribution >= 4 is 5.91 Å². The van der Waals surface area contributed by atoms with Crippen LogP contribution in [-0.2, 0) is 11.2 Å². The molecule has 98 valence electrons. The van der Waals surface area contributed by atoms with Crippen LogP contribution >= 0.6 is 0 Å². The Hall–Kier alpha value is -1.35. The fourth-order valence-corrected chi connectivity index (χ4v) is 2.34. The maximum absolute atomic E-state index is 12.0. The van der Waals surface area contributed by atoms with Crippen LogP contribution < -0.4 is 5.73 Å². The van der Waals surface area contributed by atoms with Gasteiger partial charge in [0.2, 0.25) is 5.91 Å². The summed E-state index contributed by atoms with van der Waals surface area (Å²) >= 11 is 0. The van der Waals surface area contributed by atoms with Gasteiger partial charge in [-0.15, -0.1) is 0 Å². The highest BCUT2D eigenvalue weighted by Gasteiger charge is 2.33. The lowest BCUT2D eigenvalue weighted by Gasteiger charge is -2.34. The number of carbonyl (C=O) groups is 1. The van der Waals surface area contributed by atoms with Crippen LogP contribution in [0.5, 0.6) is 0 Å². The minimum Gasteiger partial charge on any atom is -0.345 e. The minimum absolute atomic E-state index is 0.169. The molecule has 0 atom stereocenters. The largest absolute Gasteiger partial charge is 0.345 e. The lowest BCUT2D eigenvalue weighted by molar-refractivity contribution is -0.137. The summed E-state index contributed by atoms with van der Waals surface area (Å²) in [6, 6.07) is 8.73. The summed E-state index contributed by atoms with van der Waals surface area (Å²) in [5, 5.41) is 0.